The fourth-order valence-corrected chi connectivity index (χ4v) is 2.77. The molecule has 2 nitrogen and oxygen atoms in total. The van der Waals surface area contributed by atoms with E-state index in [0.717, 1.165) is 17.2 Å². The van der Waals surface area contributed by atoms with Gasteiger partial charge in [0.25, 0.3) is 0 Å². The number of nitrogens with zero attached hydrogens (tertiary/aromatic N) is 1. The molecule has 5 heteroatoms. The molecule has 0 saturated carbocycles. The smallest absolute Gasteiger partial charge is 0.167 e. The summed E-state index contributed by atoms with van der Waals surface area (Å²) in [5.41, 5.74) is -0.228. The zero-order chi connectivity index (χ0) is 10.2. The van der Waals surface area contributed by atoms with Crippen molar-refractivity contribution in [3.05, 3.63) is 24.4 Å². The number of carbonyl (C=O) groups is 1. The van der Waals surface area contributed by atoms with E-state index in [1.165, 1.54) is 0 Å². The number of hydrogen-bond donors (Lipinski definition) is 0. The summed E-state index contributed by atoms with van der Waals surface area (Å²) in [5.74, 6) is 0.921. The van der Waals surface area contributed by atoms with E-state index in [9.17, 15) is 4.79 Å². The van der Waals surface area contributed by atoms with Gasteiger partial charge in [0, 0.05) is 11.9 Å². The summed E-state index contributed by atoms with van der Waals surface area (Å²) in [6.07, 6.45) is 3.07. The van der Waals surface area contributed by atoms with Gasteiger partial charge in [0.15, 0.2) is 7.85 Å². The van der Waals surface area contributed by atoms with Crippen LogP contribution in [-0.2, 0) is 4.79 Å². The van der Waals surface area contributed by atoms with Crippen LogP contribution in [-0.4, -0.2) is 24.3 Å². The van der Waals surface area contributed by atoms with E-state index < -0.39 is 0 Å². The van der Waals surface area contributed by atoms with Gasteiger partial charge in [-0.3, -0.25) is 0 Å². The second-order valence-corrected chi connectivity index (χ2v) is 5.08. The molecular weight excluding hydrogens is 213 g/mol. The zero-order valence-electron chi connectivity index (χ0n) is 7.68. The molecule has 0 fully saturated rings. The van der Waals surface area contributed by atoms with Crippen molar-refractivity contribution in [1.29, 1.82) is 0 Å². The van der Waals surface area contributed by atoms with E-state index in [0.29, 0.717) is 6.42 Å². The maximum Gasteiger partial charge on any atom is 0.167 e. The molecule has 0 atom stereocenters. The fraction of sp³-hybridized carbons (Fsp3) is 0.333. The highest BCUT2D eigenvalue weighted by molar-refractivity contribution is 8.76. The van der Waals surface area contributed by atoms with Crippen LogP contribution in [0.5, 0.6) is 0 Å². The summed E-state index contributed by atoms with van der Waals surface area (Å²) in [6, 6.07) is 5.81. The average Bonchev–Trinajstić information content (AvgIpc) is 2.18. The van der Waals surface area contributed by atoms with Gasteiger partial charge in [-0.1, -0.05) is 16.9 Å². The van der Waals surface area contributed by atoms with Gasteiger partial charge in [-0.25, -0.2) is 4.98 Å². The molecule has 1 aromatic heterocycles. The predicted molar refractivity (Wildman–Crippen MR) is 62.5 cm³/mol. The Bertz CT molecular complexity index is 281. The molecule has 14 heavy (non-hydrogen) atoms. The summed E-state index contributed by atoms with van der Waals surface area (Å²) >= 11 is 0. The summed E-state index contributed by atoms with van der Waals surface area (Å²) in [5, 5.41) is 0.997. The first-order valence-corrected chi connectivity index (χ1v) is 6.60. The molecule has 0 aromatic carbocycles. The minimum absolute atomic E-state index is 0.228. The van der Waals surface area contributed by atoms with Crippen molar-refractivity contribution in [2.75, 3.05) is 5.75 Å². The Hall–Kier alpha value is -0.415. The van der Waals surface area contributed by atoms with Gasteiger partial charge in [-0.15, -0.1) is 0 Å². The number of aromatic nitrogens is 1. The van der Waals surface area contributed by atoms with E-state index in [2.05, 4.69) is 4.98 Å². The summed E-state index contributed by atoms with van der Waals surface area (Å²) < 4.78 is 0. The SMILES string of the molecule is [B]C(=O)CCCSSc1ccccn1. The lowest BCUT2D eigenvalue weighted by molar-refractivity contribution is -0.111. The second kappa shape index (κ2) is 6.95. The van der Waals surface area contributed by atoms with Crippen molar-refractivity contribution < 1.29 is 4.79 Å². The van der Waals surface area contributed by atoms with Crippen LogP contribution in [0, 0.1) is 0 Å². The molecule has 1 rings (SSSR count). The predicted octanol–water partition coefficient (Wildman–Crippen LogP) is 2.30. The van der Waals surface area contributed by atoms with Crippen molar-refractivity contribution in [2.24, 2.45) is 0 Å². The summed E-state index contributed by atoms with van der Waals surface area (Å²) in [7, 11) is 8.34. The van der Waals surface area contributed by atoms with Crippen molar-refractivity contribution >= 4 is 35.1 Å². The van der Waals surface area contributed by atoms with Crippen molar-refractivity contribution in [3.8, 4) is 0 Å². The minimum Gasteiger partial charge on any atom is -0.313 e. The highest BCUT2D eigenvalue weighted by Gasteiger charge is 1.96. The third-order valence-electron chi connectivity index (χ3n) is 1.43. The Morgan fingerprint density at radius 2 is 2.36 bits per heavy atom. The normalized spacial score (nSPS) is 10.0. The molecule has 0 saturated heterocycles. The molecule has 0 spiro atoms. The molecule has 0 aliphatic rings. The zero-order valence-corrected chi connectivity index (χ0v) is 9.31. The quantitative estimate of drug-likeness (QED) is 0.420. The van der Waals surface area contributed by atoms with Gasteiger partial charge in [0.05, 0.1) is 5.68 Å². The van der Waals surface area contributed by atoms with E-state index in [1.54, 1.807) is 27.8 Å². The Kier molecular flexibility index (Phi) is 5.79. The third kappa shape index (κ3) is 5.34. The monoisotopic (exact) mass is 223 g/mol. The molecule has 0 amide bonds. The van der Waals surface area contributed by atoms with Crippen LogP contribution in [0.1, 0.15) is 12.8 Å². The van der Waals surface area contributed by atoms with Crippen LogP contribution in [0.15, 0.2) is 29.4 Å². The number of hydrogen-bond acceptors (Lipinski definition) is 4. The van der Waals surface area contributed by atoms with E-state index >= 15 is 0 Å². The van der Waals surface area contributed by atoms with E-state index in [1.807, 2.05) is 18.2 Å². The van der Waals surface area contributed by atoms with E-state index in [-0.39, 0.29) is 5.68 Å². The average molecular weight is 223 g/mol. The van der Waals surface area contributed by atoms with Gasteiger partial charge in [0.2, 0.25) is 0 Å². The first-order chi connectivity index (χ1) is 6.79. The molecule has 0 aliphatic carbocycles. The Morgan fingerprint density at radius 1 is 1.50 bits per heavy atom. The maximum atomic E-state index is 10.4. The lowest BCUT2D eigenvalue weighted by atomic mass is 9.99. The molecule has 0 unspecified atom stereocenters. The van der Waals surface area contributed by atoms with Crippen molar-refractivity contribution in [1.82, 2.24) is 4.98 Å². The Balaban J connectivity index is 2.08. The molecule has 0 N–H and O–H groups in total. The number of pyridine rings is 1. The summed E-state index contributed by atoms with van der Waals surface area (Å²) in [6.45, 7) is 0. The minimum atomic E-state index is -0.228. The highest BCUT2D eigenvalue weighted by atomic mass is 33.1. The largest absolute Gasteiger partial charge is 0.313 e. The van der Waals surface area contributed by atoms with Crippen molar-refractivity contribution in [3.63, 3.8) is 0 Å². The standard InChI is InChI=1S/C9H10BNOS2/c10-8(12)4-3-7-13-14-9-5-1-2-6-11-9/h1-2,5-6H,3-4,7H2. The Labute approximate surface area is 93.1 Å². The van der Waals surface area contributed by atoms with Crippen LogP contribution in [0.3, 0.4) is 0 Å². The summed E-state index contributed by atoms with van der Waals surface area (Å²) in [4.78, 5) is 14.6. The van der Waals surface area contributed by atoms with Gasteiger partial charge >= 0.3 is 0 Å². The highest BCUT2D eigenvalue weighted by Crippen LogP contribution is 2.29. The molecule has 72 valence electrons. The van der Waals surface area contributed by atoms with E-state index in [4.69, 9.17) is 7.85 Å². The van der Waals surface area contributed by atoms with Gasteiger partial charge < -0.3 is 4.79 Å². The van der Waals surface area contributed by atoms with Gasteiger partial charge in [0.1, 0.15) is 5.03 Å². The topological polar surface area (TPSA) is 30.0 Å². The molecule has 1 aromatic rings. The lowest BCUT2D eigenvalue weighted by Crippen LogP contribution is -1.95. The molecule has 0 aliphatic heterocycles. The van der Waals surface area contributed by atoms with Crippen LogP contribution in [0.2, 0.25) is 0 Å². The van der Waals surface area contributed by atoms with Gasteiger partial charge in [-0.05, 0) is 35.8 Å². The lowest BCUT2D eigenvalue weighted by Gasteiger charge is -1.98. The van der Waals surface area contributed by atoms with Crippen molar-refractivity contribution in [2.45, 2.75) is 17.9 Å². The first kappa shape index (κ1) is 11.7. The second-order valence-electron chi connectivity index (χ2n) is 2.64. The maximum absolute atomic E-state index is 10.4. The Morgan fingerprint density at radius 3 is 3.00 bits per heavy atom. The van der Waals surface area contributed by atoms with Crippen LogP contribution < -0.4 is 0 Å². The van der Waals surface area contributed by atoms with Gasteiger partial charge in [-0.2, -0.15) is 0 Å². The van der Waals surface area contributed by atoms with Crippen LogP contribution >= 0.6 is 21.6 Å². The molecule has 2 radical (unpaired) electrons. The number of carbonyl (C=O) groups excluding carboxylic acids is 1. The van der Waals surface area contributed by atoms with Crippen LogP contribution in [0.4, 0.5) is 0 Å². The first-order valence-electron chi connectivity index (χ1n) is 4.28. The van der Waals surface area contributed by atoms with Crippen LogP contribution in [0.25, 0.3) is 0 Å². The molecule has 0 bridgehead atoms. The molecule has 1 heterocycles. The molecular formula is C9H10BNOS2. The fourth-order valence-electron chi connectivity index (χ4n) is 0.804. The third-order valence-corrected chi connectivity index (χ3v) is 3.78. The number of rotatable bonds is 6.